The summed E-state index contributed by atoms with van der Waals surface area (Å²) in [5.41, 5.74) is 1.36. The van der Waals surface area contributed by atoms with Crippen LogP contribution in [0.4, 0.5) is 5.69 Å². The lowest BCUT2D eigenvalue weighted by molar-refractivity contribution is -0.149. The van der Waals surface area contributed by atoms with E-state index < -0.39 is 36.4 Å². The lowest BCUT2D eigenvalue weighted by Crippen LogP contribution is -2.44. The van der Waals surface area contributed by atoms with Crippen LogP contribution in [0.15, 0.2) is 18.2 Å². The van der Waals surface area contributed by atoms with E-state index in [1.165, 1.54) is 6.07 Å². The molecule has 8 nitrogen and oxygen atoms in total. The molecule has 120 valence electrons. The van der Waals surface area contributed by atoms with Crippen molar-refractivity contribution in [2.45, 2.75) is 18.5 Å². The highest BCUT2D eigenvalue weighted by Gasteiger charge is 2.44. The van der Waals surface area contributed by atoms with Crippen molar-refractivity contribution < 1.29 is 24.6 Å². The summed E-state index contributed by atoms with van der Waals surface area (Å²) in [7, 11) is 3.59. The summed E-state index contributed by atoms with van der Waals surface area (Å²) in [5.74, 6) is -3.46. The van der Waals surface area contributed by atoms with E-state index in [1.807, 2.05) is 6.07 Å². The summed E-state index contributed by atoms with van der Waals surface area (Å²) >= 11 is 0. The number of carboxylic acids is 2. The van der Waals surface area contributed by atoms with Gasteiger partial charge in [0.25, 0.3) is 5.91 Å². The first-order valence-electron chi connectivity index (χ1n) is 6.76. The van der Waals surface area contributed by atoms with Crippen LogP contribution in [0.5, 0.6) is 0 Å². The maximum Gasteiger partial charge on any atom is 0.327 e. The minimum atomic E-state index is -1.60. The molecule has 0 aliphatic carbocycles. The van der Waals surface area contributed by atoms with E-state index >= 15 is 0 Å². The summed E-state index contributed by atoms with van der Waals surface area (Å²) in [5, 5.41) is 27.5. The summed E-state index contributed by atoms with van der Waals surface area (Å²) in [6, 6.07) is 4.03. The van der Waals surface area contributed by atoms with Crippen molar-refractivity contribution in [2.24, 2.45) is 0 Å². The van der Waals surface area contributed by atoms with Crippen molar-refractivity contribution in [3.8, 4) is 6.07 Å². The zero-order valence-corrected chi connectivity index (χ0v) is 12.6. The summed E-state index contributed by atoms with van der Waals surface area (Å²) in [6.45, 7) is 0. The number of anilines is 1. The number of nitriles is 1. The van der Waals surface area contributed by atoms with Crippen LogP contribution >= 0.6 is 0 Å². The number of hydrogen-bond acceptors (Lipinski definition) is 5. The summed E-state index contributed by atoms with van der Waals surface area (Å²) in [6.07, 6.45) is -0.770. The Hall–Kier alpha value is -3.08. The first kappa shape index (κ1) is 16.3. The standard InChI is InChI=1S/C15H15N3O5/c1-17(2)8-3-4-9-10(5-8)12(7-16)18(14(9)21)11(15(22)23)6-13(19)20/h3-5,11-12H,6H2,1-2H3,(H,19,20)(H,22,23). The van der Waals surface area contributed by atoms with Gasteiger partial charge < -0.3 is 20.0 Å². The van der Waals surface area contributed by atoms with Crippen molar-refractivity contribution in [2.75, 3.05) is 19.0 Å². The highest BCUT2D eigenvalue weighted by atomic mass is 16.4. The van der Waals surface area contributed by atoms with Gasteiger partial charge >= 0.3 is 11.9 Å². The van der Waals surface area contributed by atoms with Gasteiger partial charge in [0, 0.05) is 30.9 Å². The molecular formula is C15H15N3O5. The van der Waals surface area contributed by atoms with E-state index in [9.17, 15) is 24.8 Å². The van der Waals surface area contributed by atoms with Gasteiger partial charge in [-0.05, 0) is 18.2 Å². The molecule has 0 bridgehead atoms. The normalized spacial score (nSPS) is 17.3. The number of aliphatic carboxylic acids is 2. The second kappa shape index (κ2) is 5.96. The molecule has 23 heavy (non-hydrogen) atoms. The fourth-order valence-electron chi connectivity index (χ4n) is 2.58. The molecule has 1 aromatic carbocycles. The second-order valence-electron chi connectivity index (χ2n) is 5.36. The van der Waals surface area contributed by atoms with Gasteiger partial charge in [-0.3, -0.25) is 9.59 Å². The SMILES string of the molecule is CN(C)c1ccc2c(c1)C(C#N)N(C(CC(=O)O)C(=O)O)C2=O. The summed E-state index contributed by atoms with van der Waals surface area (Å²) < 4.78 is 0. The van der Waals surface area contributed by atoms with Gasteiger partial charge in [-0.15, -0.1) is 0 Å². The molecule has 0 fully saturated rings. The molecule has 0 radical (unpaired) electrons. The molecule has 1 amide bonds. The van der Waals surface area contributed by atoms with Crippen LogP contribution < -0.4 is 4.90 Å². The number of amides is 1. The van der Waals surface area contributed by atoms with Crippen LogP contribution in [0.1, 0.15) is 28.4 Å². The monoisotopic (exact) mass is 317 g/mol. The number of carboxylic acid groups (broad SMARTS) is 2. The molecule has 2 rings (SSSR count). The highest BCUT2D eigenvalue weighted by molar-refractivity contribution is 6.02. The number of rotatable bonds is 5. The van der Waals surface area contributed by atoms with E-state index in [1.54, 1.807) is 31.1 Å². The predicted molar refractivity (Wildman–Crippen MR) is 79.0 cm³/mol. The third-order valence-electron chi connectivity index (χ3n) is 3.70. The van der Waals surface area contributed by atoms with Crippen molar-refractivity contribution in [1.29, 1.82) is 5.26 Å². The Labute approximate surface area is 132 Å². The smallest absolute Gasteiger partial charge is 0.327 e. The van der Waals surface area contributed by atoms with Crippen LogP contribution in [0.25, 0.3) is 0 Å². The van der Waals surface area contributed by atoms with E-state index in [4.69, 9.17) is 5.11 Å². The average Bonchev–Trinajstić information content (AvgIpc) is 2.76. The average molecular weight is 317 g/mol. The third kappa shape index (κ3) is 2.81. The van der Waals surface area contributed by atoms with Crippen molar-refractivity contribution in [3.63, 3.8) is 0 Å². The molecule has 8 heteroatoms. The molecule has 0 saturated heterocycles. The largest absolute Gasteiger partial charge is 0.481 e. The Morgan fingerprint density at radius 1 is 1.39 bits per heavy atom. The van der Waals surface area contributed by atoms with Gasteiger partial charge in [0.2, 0.25) is 0 Å². The third-order valence-corrected chi connectivity index (χ3v) is 3.70. The van der Waals surface area contributed by atoms with Gasteiger partial charge in [-0.2, -0.15) is 5.26 Å². The van der Waals surface area contributed by atoms with Crippen LogP contribution in [0.2, 0.25) is 0 Å². The van der Waals surface area contributed by atoms with E-state index in [0.29, 0.717) is 5.56 Å². The van der Waals surface area contributed by atoms with Crippen LogP contribution in [0, 0.1) is 11.3 Å². The fraction of sp³-hybridized carbons (Fsp3) is 0.333. The molecule has 1 aromatic rings. The molecule has 2 unspecified atom stereocenters. The Morgan fingerprint density at radius 3 is 2.52 bits per heavy atom. The molecule has 1 aliphatic heterocycles. The highest BCUT2D eigenvalue weighted by Crippen LogP contribution is 2.37. The van der Waals surface area contributed by atoms with Gasteiger partial charge in [0.1, 0.15) is 12.1 Å². The first-order chi connectivity index (χ1) is 10.8. The van der Waals surface area contributed by atoms with Gasteiger partial charge in [-0.1, -0.05) is 0 Å². The quantitative estimate of drug-likeness (QED) is 0.819. The van der Waals surface area contributed by atoms with Crippen molar-refractivity contribution in [1.82, 2.24) is 4.90 Å². The zero-order chi connectivity index (χ0) is 17.3. The minimum absolute atomic E-state index is 0.221. The lowest BCUT2D eigenvalue weighted by atomic mass is 10.0. The van der Waals surface area contributed by atoms with E-state index in [2.05, 4.69) is 0 Å². The van der Waals surface area contributed by atoms with Crippen molar-refractivity contribution >= 4 is 23.5 Å². The number of carbonyl (C=O) groups is 3. The van der Waals surface area contributed by atoms with Gasteiger partial charge in [0.15, 0.2) is 0 Å². The Balaban J connectivity index is 2.51. The molecule has 0 aromatic heterocycles. The molecule has 1 heterocycles. The maximum absolute atomic E-state index is 12.5. The van der Waals surface area contributed by atoms with E-state index in [0.717, 1.165) is 10.6 Å². The predicted octanol–water partition coefficient (Wildman–Crippen LogP) is 0.701. The number of hydrogen-bond donors (Lipinski definition) is 2. The maximum atomic E-state index is 12.5. The number of carbonyl (C=O) groups excluding carboxylic acids is 1. The molecular weight excluding hydrogens is 302 g/mol. The molecule has 2 N–H and O–H groups in total. The lowest BCUT2D eigenvalue weighted by Gasteiger charge is -2.26. The number of benzene rings is 1. The van der Waals surface area contributed by atoms with Crippen molar-refractivity contribution in [3.05, 3.63) is 29.3 Å². The van der Waals surface area contributed by atoms with Crippen LogP contribution in [0.3, 0.4) is 0 Å². The van der Waals surface area contributed by atoms with E-state index in [-0.39, 0.29) is 5.56 Å². The Morgan fingerprint density at radius 2 is 2.04 bits per heavy atom. The second-order valence-corrected chi connectivity index (χ2v) is 5.36. The number of nitrogens with zero attached hydrogens (tertiary/aromatic N) is 3. The molecule has 1 aliphatic rings. The topological polar surface area (TPSA) is 122 Å². The Bertz CT molecular complexity index is 722. The zero-order valence-electron chi connectivity index (χ0n) is 12.6. The Kier molecular flexibility index (Phi) is 4.22. The minimum Gasteiger partial charge on any atom is -0.481 e. The van der Waals surface area contributed by atoms with Gasteiger partial charge in [-0.25, -0.2) is 4.79 Å². The number of fused-ring (bicyclic) bond motifs is 1. The van der Waals surface area contributed by atoms with Crippen LogP contribution in [-0.4, -0.2) is 53.1 Å². The fourth-order valence-corrected chi connectivity index (χ4v) is 2.58. The van der Waals surface area contributed by atoms with Crippen LogP contribution in [-0.2, 0) is 9.59 Å². The summed E-state index contributed by atoms with van der Waals surface area (Å²) in [4.78, 5) is 37.4. The molecule has 0 spiro atoms. The molecule has 0 saturated carbocycles. The molecule has 2 atom stereocenters. The van der Waals surface area contributed by atoms with Gasteiger partial charge in [0.05, 0.1) is 12.5 Å². The first-order valence-corrected chi connectivity index (χ1v) is 6.76.